The second-order valence-corrected chi connectivity index (χ2v) is 31.5. The number of nitrogens with two attached hydrogens (primary N) is 5. The fraction of sp³-hybridized carbons (Fsp3) is 0.760. The van der Waals surface area contributed by atoms with E-state index in [-0.39, 0.29) is 69.4 Å². The first-order chi connectivity index (χ1) is 54.6. The van der Waals surface area contributed by atoms with E-state index in [0.717, 1.165) is 0 Å². The van der Waals surface area contributed by atoms with Gasteiger partial charge in [0.05, 0.1) is 38.4 Å². The first-order valence-corrected chi connectivity index (χ1v) is 40.1. The molecule has 29 N–H and O–H groups in total. The molecule has 117 heavy (non-hydrogen) atoms. The summed E-state index contributed by atoms with van der Waals surface area (Å²) in [5, 5.41) is 70.2. The summed E-state index contributed by atoms with van der Waals surface area (Å²) in [6.07, 6.45) is 1.26. The summed E-state index contributed by atoms with van der Waals surface area (Å²) in [5.41, 5.74) is 28.3. The number of carbonyl (C=O) groups excluding carboxylic acids is 16. The number of carboxylic acid groups (broad SMARTS) is 1. The zero-order valence-electron chi connectivity index (χ0n) is 71.0. The molecule has 0 aromatic carbocycles. The highest BCUT2D eigenvalue weighted by Crippen LogP contribution is 2.15. The first-order valence-electron chi connectivity index (χ1n) is 40.1. The van der Waals surface area contributed by atoms with Gasteiger partial charge in [-0.2, -0.15) is 0 Å². The number of nitrogens with zero attached hydrogens (tertiary/aromatic N) is 1. The summed E-state index contributed by atoms with van der Waals surface area (Å²) in [7, 11) is 0. The molecule has 42 nitrogen and oxygen atoms in total. The average molecular weight is 1670 g/mol. The van der Waals surface area contributed by atoms with Crippen molar-refractivity contribution in [3.63, 3.8) is 0 Å². The summed E-state index contributed by atoms with van der Waals surface area (Å²) in [6, 6.07) is -18.6. The highest BCUT2D eigenvalue weighted by atomic mass is 16.4. The molecular weight excluding hydrogens is 1530 g/mol. The Bertz CT molecular complexity index is 3300. The molecule has 0 aliphatic rings. The normalized spacial score (nSPS) is 15.5. The van der Waals surface area contributed by atoms with Crippen LogP contribution in [0.2, 0.25) is 0 Å². The number of hydrogen-bond donors (Lipinski definition) is 24. The van der Waals surface area contributed by atoms with Gasteiger partial charge in [-0.3, -0.25) is 81.7 Å². The van der Waals surface area contributed by atoms with Crippen molar-refractivity contribution in [3.05, 3.63) is 0 Å². The Labute approximate surface area is 685 Å². The Morgan fingerprint density at radius 2 is 0.692 bits per heavy atom. The van der Waals surface area contributed by atoms with Crippen molar-refractivity contribution in [2.24, 2.45) is 75.1 Å². The number of aliphatic hydroxyl groups excluding tert-OH is 2. The molecule has 0 saturated heterocycles. The summed E-state index contributed by atoms with van der Waals surface area (Å²) in [4.78, 5) is 233. The Balaban J connectivity index is 6.10. The standard InChI is InChI=1S/C75H138N22O20/c1-18-42(14)59(74(116)117)96-73(115)60(45(17)99)97-67(109)49(30-36(2)3)89-62(104)44(16)86-68(110)51(35-98)91-65(107)48(25-20-22-28-77)87-53(101)33-84-69(111)55(38(6)7)92-54(102)34-82-64(106)47(26-23-29-81-75(79)80)88-61(103)43(15)85-52(100)32-83-70(112)56(39(8)9)94-72(114)58(41(12)13)95-71(113)57(40(10)11)93-66(108)50(31-37(4)5)90-63(105)46(78)24-19-21-27-76/h36-51,55-60,98-99H,18-35,76-78H2,1-17H3,(H,82,106)(H,83,112)(H,84,111)(H,85,100)(H,86,110)(H,87,101)(H,88,103)(H,89,104)(H,90,105)(H,91,107)(H,92,102)(H,93,108)(H,94,114)(H,95,113)(H,96,115)(H,97,109)(H,116,117)(H4,79,80,81)/t42-,43-,44-,45+,46-,47-,48-,49-,50-,51-,55-,56-,57-,58-,59-,60-/m0/s1. The molecule has 0 heterocycles. The molecule has 0 aliphatic heterocycles. The number of amides is 16. The smallest absolute Gasteiger partial charge is 0.326 e. The molecular formula is C75H138N22O20. The number of aliphatic imine (C=N–C) groups is 1. The van der Waals surface area contributed by atoms with Crippen LogP contribution < -0.4 is 114 Å². The third kappa shape index (κ3) is 41.6. The quantitative estimate of drug-likeness (QED) is 0.0153. The van der Waals surface area contributed by atoms with E-state index in [2.05, 4.69) is 90.1 Å². The van der Waals surface area contributed by atoms with Gasteiger partial charge in [-0.05, 0) is 133 Å². The van der Waals surface area contributed by atoms with Crippen LogP contribution in [0.5, 0.6) is 0 Å². The van der Waals surface area contributed by atoms with Gasteiger partial charge < -0.3 is 129 Å². The highest BCUT2D eigenvalue weighted by Gasteiger charge is 2.39. The van der Waals surface area contributed by atoms with E-state index in [9.17, 15) is 96.8 Å². The molecule has 0 aromatic rings. The molecule has 16 atom stereocenters. The van der Waals surface area contributed by atoms with Gasteiger partial charge in [-0.25, -0.2) is 4.79 Å². The number of aliphatic carboxylic acids is 1. The minimum absolute atomic E-state index is 0.00172. The maximum Gasteiger partial charge on any atom is 0.326 e. The van der Waals surface area contributed by atoms with Crippen molar-refractivity contribution in [2.75, 3.05) is 45.9 Å². The van der Waals surface area contributed by atoms with E-state index in [1.165, 1.54) is 20.8 Å². The monoisotopic (exact) mass is 1670 g/mol. The molecule has 0 aliphatic carbocycles. The van der Waals surface area contributed by atoms with E-state index in [1.807, 2.05) is 13.8 Å². The molecule has 0 radical (unpaired) electrons. The largest absolute Gasteiger partial charge is 0.480 e. The number of guanidine groups is 1. The Morgan fingerprint density at radius 1 is 0.350 bits per heavy atom. The van der Waals surface area contributed by atoms with Gasteiger partial charge in [0, 0.05) is 6.54 Å². The van der Waals surface area contributed by atoms with Gasteiger partial charge in [0.1, 0.15) is 78.5 Å². The van der Waals surface area contributed by atoms with Crippen molar-refractivity contribution in [3.8, 4) is 0 Å². The lowest BCUT2D eigenvalue weighted by molar-refractivity contribution is -0.144. The number of nitrogens with one attached hydrogen (secondary N) is 16. The molecule has 0 saturated carbocycles. The highest BCUT2D eigenvalue weighted by molar-refractivity contribution is 6.00. The number of rotatable bonds is 57. The minimum Gasteiger partial charge on any atom is -0.480 e. The summed E-state index contributed by atoms with van der Waals surface area (Å²) >= 11 is 0. The third-order valence-corrected chi connectivity index (χ3v) is 18.6. The van der Waals surface area contributed by atoms with Crippen LogP contribution in [-0.4, -0.2) is 258 Å². The number of aliphatic hydroxyl groups is 2. The van der Waals surface area contributed by atoms with Gasteiger partial charge in [-0.1, -0.05) is 110 Å². The molecule has 0 spiro atoms. The fourth-order valence-corrected chi connectivity index (χ4v) is 11.4. The lowest BCUT2D eigenvalue weighted by Gasteiger charge is -2.30. The van der Waals surface area contributed by atoms with Crippen LogP contribution >= 0.6 is 0 Å². The Hall–Kier alpha value is -9.94. The molecule has 42 heteroatoms. The zero-order valence-corrected chi connectivity index (χ0v) is 71.0. The van der Waals surface area contributed by atoms with Crippen molar-refractivity contribution in [1.29, 1.82) is 0 Å². The topological polar surface area (TPSA) is 686 Å². The number of carbonyl (C=O) groups is 17. The van der Waals surface area contributed by atoms with Gasteiger partial charge in [0.25, 0.3) is 0 Å². The van der Waals surface area contributed by atoms with Crippen molar-refractivity contribution in [2.45, 2.75) is 279 Å². The SMILES string of the molecule is CC[C@H](C)[C@H](NC(=O)[C@@H](NC(=O)[C@H](CC(C)C)NC(=O)[C@H](C)NC(=O)[C@H](CO)NC(=O)[C@H](CCCCN)NC(=O)CNC(=O)[C@@H](NC(=O)CNC(=O)[C@H](CCCN=C(N)N)NC(=O)[C@H](C)NC(=O)CNC(=O)[C@@H](NC(=O)[C@@H](NC(=O)[C@@H](NC(=O)[C@H](CC(C)C)NC(=O)[C@@H](N)CCCCN)C(C)C)C(C)C)C(C)C)C(C)C)[C@@H](C)O)C(=O)O. The number of carboxylic acids is 1. The van der Waals surface area contributed by atoms with E-state index < -0.39 is 247 Å². The van der Waals surface area contributed by atoms with Crippen LogP contribution in [0.15, 0.2) is 4.99 Å². The van der Waals surface area contributed by atoms with E-state index >= 15 is 0 Å². The Kier molecular flexibility index (Phi) is 50.9. The fourth-order valence-electron chi connectivity index (χ4n) is 11.4. The average Bonchev–Trinajstić information content (AvgIpc) is 0.849. The molecule has 0 fully saturated rings. The van der Waals surface area contributed by atoms with Crippen molar-refractivity contribution < 1.29 is 96.8 Å². The van der Waals surface area contributed by atoms with Crippen LogP contribution in [0.4, 0.5) is 0 Å². The lowest BCUT2D eigenvalue weighted by Crippen LogP contribution is -2.61. The van der Waals surface area contributed by atoms with E-state index in [4.69, 9.17) is 28.7 Å². The van der Waals surface area contributed by atoms with Gasteiger partial charge in [-0.15, -0.1) is 0 Å². The Morgan fingerprint density at radius 3 is 1.12 bits per heavy atom. The molecule has 668 valence electrons. The second-order valence-electron chi connectivity index (χ2n) is 31.5. The van der Waals surface area contributed by atoms with Gasteiger partial charge >= 0.3 is 5.97 Å². The summed E-state index contributed by atoms with van der Waals surface area (Å²) in [6.45, 7) is 24.6. The van der Waals surface area contributed by atoms with Gasteiger partial charge in [0.15, 0.2) is 5.96 Å². The van der Waals surface area contributed by atoms with Crippen LogP contribution in [0.25, 0.3) is 0 Å². The van der Waals surface area contributed by atoms with Crippen molar-refractivity contribution >= 4 is 106 Å². The zero-order chi connectivity index (χ0) is 89.8. The van der Waals surface area contributed by atoms with Crippen LogP contribution in [0, 0.1) is 41.4 Å². The molecule has 0 aromatic heterocycles. The molecule has 0 rings (SSSR count). The summed E-state index contributed by atoms with van der Waals surface area (Å²) < 4.78 is 0. The lowest BCUT2D eigenvalue weighted by atomic mass is 9.97. The molecule has 16 amide bonds. The maximum atomic E-state index is 14.0. The van der Waals surface area contributed by atoms with Crippen LogP contribution in [0.3, 0.4) is 0 Å². The first kappa shape index (κ1) is 107. The molecule has 0 unspecified atom stereocenters. The number of unbranched alkanes of at least 4 members (excludes halogenated alkanes) is 2. The summed E-state index contributed by atoms with van der Waals surface area (Å²) in [5.74, 6) is -18.5. The van der Waals surface area contributed by atoms with Gasteiger partial charge in [0.2, 0.25) is 94.5 Å². The second kappa shape index (κ2) is 55.6. The minimum atomic E-state index is -1.72. The third-order valence-electron chi connectivity index (χ3n) is 18.6. The van der Waals surface area contributed by atoms with E-state index in [0.29, 0.717) is 38.6 Å². The molecule has 0 bridgehead atoms. The van der Waals surface area contributed by atoms with Crippen LogP contribution in [0.1, 0.15) is 188 Å². The van der Waals surface area contributed by atoms with Crippen LogP contribution in [-0.2, 0) is 81.5 Å². The predicted molar refractivity (Wildman–Crippen MR) is 433 cm³/mol. The van der Waals surface area contributed by atoms with Crippen molar-refractivity contribution in [1.82, 2.24) is 85.1 Å². The predicted octanol–water partition coefficient (Wildman–Crippen LogP) is -6.46. The van der Waals surface area contributed by atoms with E-state index in [1.54, 1.807) is 83.1 Å². The number of hydrogen-bond acceptors (Lipinski definition) is 23. The maximum absolute atomic E-state index is 14.0.